The van der Waals surface area contributed by atoms with Gasteiger partial charge in [0.25, 0.3) is 5.91 Å². The van der Waals surface area contributed by atoms with Gasteiger partial charge in [0.05, 0.1) is 6.04 Å². The smallest absolute Gasteiger partial charge is 0.325 e. The molecule has 0 spiro atoms. The lowest BCUT2D eigenvalue weighted by Gasteiger charge is -2.23. The summed E-state index contributed by atoms with van der Waals surface area (Å²) in [6, 6.07) is 9.42. The summed E-state index contributed by atoms with van der Waals surface area (Å²) in [4.78, 5) is 38.5. The second kappa shape index (κ2) is 8.00. The predicted molar refractivity (Wildman–Crippen MR) is 107 cm³/mol. The lowest BCUT2D eigenvalue weighted by atomic mass is 9.92. The van der Waals surface area contributed by atoms with Crippen LogP contribution in [0.4, 0.5) is 9.18 Å². The van der Waals surface area contributed by atoms with Gasteiger partial charge in [0.2, 0.25) is 5.91 Å². The molecular weight excluding hydrogens is 420 g/mol. The van der Waals surface area contributed by atoms with Gasteiger partial charge in [0.15, 0.2) is 0 Å². The Bertz CT molecular complexity index is 1000. The Morgan fingerprint density at radius 1 is 1.21 bits per heavy atom. The monoisotopic (exact) mass is 437 g/mol. The van der Waals surface area contributed by atoms with Gasteiger partial charge in [-0.15, -0.1) is 0 Å². The Morgan fingerprint density at radius 3 is 2.55 bits per heavy atom. The number of nitrogens with zero attached hydrogens (tertiary/aromatic N) is 1. The van der Waals surface area contributed by atoms with Gasteiger partial charge in [-0.2, -0.15) is 0 Å². The molecule has 2 aromatic rings. The number of carbonyl (C=O) groups excluding carboxylic acids is 3. The normalized spacial score (nSPS) is 19.8. The average molecular weight is 438 g/mol. The number of benzene rings is 2. The molecule has 1 heterocycles. The summed E-state index contributed by atoms with van der Waals surface area (Å²) in [6.45, 7) is 2.72. The molecule has 1 aliphatic rings. The van der Waals surface area contributed by atoms with E-state index >= 15 is 0 Å². The van der Waals surface area contributed by atoms with E-state index in [0.29, 0.717) is 10.6 Å². The van der Waals surface area contributed by atoms with E-state index in [1.54, 1.807) is 31.2 Å². The molecule has 0 aromatic heterocycles. The summed E-state index contributed by atoms with van der Waals surface area (Å²) < 4.78 is 13.3. The van der Waals surface area contributed by atoms with Crippen LogP contribution < -0.4 is 10.6 Å². The molecule has 3 rings (SSSR count). The fourth-order valence-corrected chi connectivity index (χ4v) is 3.91. The largest absolute Gasteiger partial charge is 0.348 e. The van der Waals surface area contributed by atoms with Crippen LogP contribution in [0.5, 0.6) is 0 Å². The fraction of sp³-hybridized carbons (Fsp3) is 0.250. The molecule has 2 atom stereocenters. The standard InChI is InChI=1S/C20H18Cl2FN3O3/c1-11(13-5-3-4-6-15(13)21)24-17(27)10-26-18(28)20(2,25-19(26)29)14-8-7-12(23)9-16(14)22/h3-9,11H,10H2,1-2H3,(H,24,27)(H,25,29). The third-order valence-corrected chi connectivity index (χ3v) is 5.45. The number of nitrogens with one attached hydrogen (secondary N) is 2. The molecule has 0 aliphatic carbocycles. The first-order valence-corrected chi connectivity index (χ1v) is 9.52. The molecule has 29 heavy (non-hydrogen) atoms. The highest BCUT2D eigenvalue weighted by Crippen LogP contribution is 2.34. The number of hydrogen-bond donors (Lipinski definition) is 2. The van der Waals surface area contributed by atoms with Crippen LogP contribution in [0.2, 0.25) is 10.0 Å². The van der Waals surface area contributed by atoms with E-state index in [-0.39, 0.29) is 10.6 Å². The number of urea groups is 1. The molecule has 4 amide bonds. The maximum absolute atomic E-state index is 13.3. The lowest BCUT2D eigenvalue weighted by molar-refractivity contribution is -0.135. The highest BCUT2D eigenvalue weighted by atomic mass is 35.5. The summed E-state index contributed by atoms with van der Waals surface area (Å²) >= 11 is 12.2. The van der Waals surface area contributed by atoms with Gasteiger partial charge in [-0.3, -0.25) is 14.5 Å². The van der Waals surface area contributed by atoms with Crippen molar-refractivity contribution in [3.8, 4) is 0 Å². The first kappa shape index (κ1) is 21.1. The summed E-state index contributed by atoms with van der Waals surface area (Å²) in [7, 11) is 0. The molecule has 2 aromatic carbocycles. The minimum Gasteiger partial charge on any atom is -0.348 e. The number of carbonyl (C=O) groups is 3. The van der Waals surface area contributed by atoms with Crippen molar-refractivity contribution >= 4 is 41.0 Å². The van der Waals surface area contributed by atoms with E-state index in [9.17, 15) is 18.8 Å². The quantitative estimate of drug-likeness (QED) is 0.698. The molecule has 1 fully saturated rings. The fourth-order valence-electron chi connectivity index (χ4n) is 3.25. The summed E-state index contributed by atoms with van der Waals surface area (Å²) in [6.07, 6.45) is 0. The maximum Gasteiger partial charge on any atom is 0.325 e. The number of imide groups is 1. The van der Waals surface area contributed by atoms with Crippen LogP contribution in [0.25, 0.3) is 0 Å². The Labute approximate surface area is 177 Å². The molecule has 2 N–H and O–H groups in total. The zero-order valence-corrected chi connectivity index (χ0v) is 17.1. The Hall–Kier alpha value is -2.64. The van der Waals surface area contributed by atoms with Gasteiger partial charge in [0, 0.05) is 15.6 Å². The third kappa shape index (κ3) is 4.06. The minimum atomic E-state index is -1.50. The van der Waals surface area contributed by atoms with E-state index in [1.165, 1.54) is 13.0 Å². The van der Waals surface area contributed by atoms with Crippen molar-refractivity contribution in [3.63, 3.8) is 0 Å². The topological polar surface area (TPSA) is 78.5 Å². The predicted octanol–water partition coefficient (Wildman–Crippen LogP) is 3.78. The molecule has 9 heteroatoms. The van der Waals surface area contributed by atoms with E-state index in [1.807, 2.05) is 0 Å². The van der Waals surface area contributed by atoms with Crippen LogP contribution in [0.3, 0.4) is 0 Å². The third-order valence-electron chi connectivity index (χ3n) is 4.80. The lowest BCUT2D eigenvalue weighted by Crippen LogP contribution is -2.43. The van der Waals surface area contributed by atoms with Crippen LogP contribution in [0.1, 0.15) is 31.0 Å². The van der Waals surface area contributed by atoms with Crippen LogP contribution in [0.15, 0.2) is 42.5 Å². The van der Waals surface area contributed by atoms with E-state index < -0.39 is 41.8 Å². The zero-order chi connectivity index (χ0) is 21.3. The van der Waals surface area contributed by atoms with Crippen molar-refractivity contribution in [2.45, 2.75) is 25.4 Å². The summed E-state index contributed by atoms with van der Waals surface area (Å²) in [5, 5.41) is 5.75. The molecule has 0 bridgehead atoms. The first-order chi connectivity index (χ1) is 13.6. The molecule has 6 nitrogen and oxygen atoms in total. The van der Waals surface area contributed by atoms with Crippen molar-refractivity contribution in [1.82, 2.24) is 15.5 Å². The Morgan fingerprint density at radius 2 is 1.90 bits per heavy atom. The van der Waals surface area contributed by atoms with Crippen molar-refractivity contribution in [1.29, 1.82) is 0 Å². The van der Waals surface area contributed by atoms with Crippen LogP contribution >= 0.6 is 23.2 Å². The van der Waals surface area contributed by atoms with E-state index in [0.717, 1.165) is 17.0 Å². The molecule has 0 radical (unpaired) electrons. The van der Waals surface area contributed by atoms with E-state index in [4.69, 9.17) is 23.2 Å². The highest BCUT2D eigenvalue weighted by Gasteiger charge is 2.50. The second-order valence-corrected chi connectivity index (χ2v) is 7.70. The number of amides is 4. The van der Waals surface area contributed by atoms with Crippen molar-refractivity contribution < 1.29 is 18.8 Å². The van der Waals surface area contributed by atoms with Crippen LogP contribution in [-0.4, -0.2) is 29.3 Å². The van der Waals surface area contributed by atoms with Gasteiger partial charge in [-0.05, 0) is 37.6 Å². The molecule has 152 valence electrons. The average Bonchev–Trinajstić information content (AvgIpc) is 2.85. The van der Waals surface area contributed by atoms with Gasteiger partial charge >= 0.3 is 6.03 Å². The molecular formula is C20H18Cl2FN3O3. The van der Waals surface area contributed by atoms with Crippen molar-refractivity contribution in [2.24, 2.45) is 0 Å². The summed E-state index contributed by atoms with van der Waals surface area (Å²) in [5.74, 6) is -1.75. The highest BCUT2D eigenvalue weighted by molar-refractivity contribution is 6.32. The van der Waals surface area contributed by atoms with Crippen molar-refractivity contribution in [2.75, 3.05) is 6.54 Å². The van der Waals surface area contributed by atoms with Crippen LogP contribution in [-0.2, 0) is 15.1 Å². The van der Waals surface area contributed by atoms with Gasteiger partial charge in [-0.1, -0.05) is 47.5 Å². The molecule has 0 saturated carbocycles. The minimum absolute atomic E-state index is 0.000191. The zero-order valence-electron chi connectivity index (χ0n) is 15.6. The molecule has 1 aliphatic heterocycles. The van der Waals surface area contributed by atoms with Gasteiger partial charge < -0.3 is 10.6 Å². The van der Waals surface area contributed by atoms with Gasteiger partial charge in [0.1, 0.15) is 17.9 Å². The van der Waals surface area contributed by atoms with Gasteiger partial charge in [-0.25, -0.2) is 9.18 Å². The maximum atomic E-state index is 13.3. The van der Waals surface area contributed by atoms with E-state index in [2.05, 4.69) is 10.6 Å². The van der Waals surface area contributed by atoms with Crippen molar-refractivity contribution in [3.05, 3.63) is 69.5 Å². The Balaban J connectivity index is 1.75. The molecule has 2 unspecified atom stereocenters. The SMILES string of the molecule is CC(NC(=O)CN1C(=O)NC(C)(c2ccc(F)cc2Cl)C1=O)c1ccccc1Cl. The number of halogens is 3. The summed E-state index contributed by atoms with van der Waals surface area (Å²) in [5.41, 5.74) is -0.551. The number of rotatable bonds is 5. The van der Waals surface area contributed by atoms with Crippen LogP contribution in [0, 0.1) is 5.82 Å². The Kier molecular flexibility index (Phi) is 5.82. The molecule has 1 saturated heterocycles. The second-order valence-electron chi connectivity index (χ2n) is 6.88. The first-order valence-electron chi connectivity index (χ1n) is 8.77. The number of hydrogen-bond acceptors (Lipinski definition) is 3.